The molecule has 1 aliphatic rings. The van der Waals surface area contributed by atoms with Gasteiger partial charge in [0, 0.05) is 6.20 Å². The Hall–Kier alpha value is -1.95. The highest BCUT2D eigenvalue weighted by molar-refractivity contribution is 8.00. The predicted molar refractivity (Wildman–Crippen MR) is 73.3 cm³/mol. The van der Waals surface area contributed by atoms with Gasteiger partial charge in [0.15, 0.2) is 0 Å². The summed E-state index contributed by atoms with van der Waals surface area (Å²) in [4.78, 5) is 17.3. The Balaban J connectivity index is 2.07. The molecule has 1 aliphatic heterocycles. The first-order chi connectivity index (χ1) is 9.68. The lowest BCUT2D eigenvalue weighted by Gasteiger charge is -2.24. The van der Waals surface area contributed by atoms with E-state index >= 15 is 0 Å². The van der Waals surface area contributed by atoms with Crippen LogP contribution >= 0.6 is 11.8 Å². The lowest BCUT2D eigenvalue weighted by Crippen LogP contribution is -2.28. The van der Waals surface area contributed by atoms with Crippen molar-refractivity contribution >= 4 is 23.4 Å². The number of halogens is 2. The zero-order valence-electron chi connectivity index (χ0n) is 10.3. The zero-order valence-corrected chi connectivity index (χ0v) is 11.1. The summed E-state index contributed by atoms with van der Waals surface area (Å²) in [6.45, 7) is 0. The van der Waals surface area contributed by atoms with Gasteiger partial charge in [-0.3, -0.25) is 14.7 Å². The molecule has 2 aromatic rings. The largest absolute Gasteiger partial charge is 0.293 e. The Morgan fingerprint density at radius 2 is 1.95 bits per heavy atom. The minimum atomic E-state index is -0.701. The molecule has 1 saturated heterocycles. The van der Waals surface area contributed by atoms with E-state index < -0.39 is 17.0 Å². The molecule has 0 spiro atoms. The van der Waals surface area contributed by atoms with Crippen molar-refractivity contribution in [3.8, 4) is 0 Å². The molecule has 0 bridgehead atoms. The summed E-state index contributed by atoms with van der Waals surface area (Å²) in [5, 5.41) is -0.701. The van der Waals surface area contributed by atoms with Gasteiger partial charge in [-0.1, -0.05) is 6.07 Å². The van der Waals surface area contributed by atoms with E-state index in [2.05, 4.69) is 4.98 Å². The number of thioether (sulfide) groups is 1. The van der Waals surface area contributed by atoms with Gasteiger partial charge in [-0.25, -0.2) is 8.78 Å². The topological polar surface area (TPSA) is 33.2 Å². The van der Waals surface area contributed by atoms with E-state index in [1.807, 2.05) is 0 Å². The number of anilines is 1. The summed E-state index contributed by atoms with van der Waals surface area (Å²) < 4.78 is 27.8. The van der Waals surface area contributed by atoms with Gasteiger partial charge < -0.3 is 0 Å². The summed E-state index contributed by atoms with van der Waals surface area (Å²) in [6.07, 6.45) is 3.09. The van der Waals surface area contributed by atoms with Gasteiger partial charge in [-0.05, 0) is 24.3 Å². The molecule has 3 rings (SSSR count). The summed E-state index contributed by atoms with van der Waals surface area (Å²) in [7, 11) is 0. The van der Waals surface area contributed by atoms with Crippen LogP contribution in [0, 0.1) is 11.6 Å². The van der Waals surface area contributed by atoms with Gasteiger partial charge in [0.2, 0.25) is 5.91 Å². The average molecular weight is 292 g/mol. The van der Waals surface area contributed by atoms with Crippen molar-refractivity contribution in [1.29, 1.82) is 0 Å². The van der Waals surface area contributed by atoms with Crippen LogP contribution in [0.1, 0.15) is 10.9 Å². The standard InChI is InChI=1S/C14H10F2N2OS/c15-10-4-1-5-11(16)13(10)14-18(12(19)8-20-14)9-3-2-6-17-7-9/h1-7,14H,8H2/t14-/m0/s1. The normalized spacial score (nSPS) is 18.6. The van der Waals surface area contributed by atoms with E-state index in [1.54, 1.807) is 18.3 Å². The van der Waals surface area contributed by atoms with Crippen LogP contribution in [0.2, 0.25) is 0 Å². The molecule has 6 heteroatoms. The lowest BCUT2D eigenvalue weighted by molar-refractivity contribution is -0.115. The molecule has 102 valence electrons. The first-order valence-corrected chi connectivity index (χ1v) is 7.01. The zero-order chi connectivity index (χ0) is 14.1. The second-order valence-electron chi connectivity index (χ2n) is 4.27. The fourth-order valence-corrected chi connectivity index (χ4v) is 3.38. The van der Waals surface area contributed by atoms with Crippen molar-refractivity contribution in [2.45, 2.75) is 5.37 Å². The Bertz CT molecular complexity index is 631. The Morgan fingerprint density at radius 3 is 2.60 bits per heavy atom. The highest BCUT2D eigenvalue weighted by atomic mass is 32.2. The first-order valence-electron chi connectivity index (χ1n) is 5.96. The number of rotatable bonds is 2. The first kappa shape index (κ1) is 13.1. The van der Waals surface area contributed by atoms with Crippen LogP contribution in [0.5, 0.6) is 0 Å². The maximum Gasteiger partial charge on any atom is 0.238 e. The van der Waals surface area contributed by atoms with E-state index in [1.165, 1.54) is 41.1 Å². The maximum atomic E-state index is 13.9. The van der Waals surface area contributed by atoms with Gasteiger partial charge >= 0.3 is 0 Å². The molecule has 0 unspecified atom stereocenters. The lowest BCUT2D eigenvalue weighted by atomic mass is 10.1. The van der Waals surface area contributed by atoms with Crippen LogP contribution < -0.4 is 4.90 Å². The monoisotopic (exact) mass is 292 g/mol. The Morgan fingerprint density at radius 1 is 1.20 bits per heavy atom. The Kier molecular flexibility index (Phi) is 3.40. The molecule has 1 amide bonds. The van der Waals surface area contributed by atoms with Crippen molar-refractivity contribution in [2.24, 2.45) is 0 Å². The molecule has 3 nitrogen and oxygen atoms in total. The van der Waals surface area contributed by atoms with Crippen molar-refractivity contribution in [3.63, 3.8) is 0 Å². The molecule has 20 heavy (non-hydrogen) atoms. The number of carbonyl (C=O) groups is 1. The van der Waals surface area contributed by atoms with E-state index in [4.69, 9.17) is 0 Å². The highest BCUT2D eigenvalue weighted by Crippen LogP contribution is 2.43. The number of nitrogens with zero attached hydrogens (tertiary/aromatic N) is 2. The van der Waals surface area contributed by atoms with E-state index in [-0.39, 0.29) is 17.2 Å². The van der Waals surface area contributed by atoms with Crippen LogP contribution in [0.15, 0.2) is 42.7 Å². The number of hydrogen-bond acceptors (Lipinski definition) is 3. The second kappa shape index (κ2) is 5.20. The third kappa shape index (κ3) is 2.16. The molecule has 0 aliphatic carbocycles. The maximum absolute atomic E-state index is 13.9. The molecule has 0 radical (unpaired) electrons. The van der Waals surface area contributed by atoms with E-state index in [0.717, 1.165) is 0 Å². The summed E-state index contributed by atoms with van der Waals surface area (Å²) in [5.74, 6) is -1.29. The summed E-state index contributed by atoms with van der Waals surface area (Å²) >= 11 is 1.20. The van der Waals surface area contributed by atoms with Crippen molar-refractivity contribution in [1.82, 2.24) is 4.98 Å². The third-order valence-electron chi connectivity index (χ3n) is 3.04. The van der Waals surface area contributed by atoms with Crippen molar-refractivity contribution < 1.29 is 13.6 Å². The molecule has 1 fully saturated rings. The second-order valence-corrected chi connectivity index (χ2v) is 5.34. The number of carbonyl (C=O) groups excluding carboxylic acids is 1. The highest BCUT2D eigenvalue weighted by Gasteiger charge is 2.37. The van der Waals surface area contributed by atoms with E-state index in [0.29, 0.717) is 5.69 Å². The minimum Gasteiger partial charge on any atom is -0.293 e. The quantitative estimate of drug-likeness (QED) is 0.852. The molecule has 1 atom stereocenters. The number of hydrogen-bond donors (Lipinski definition) is 0. The molecular formula is C14H10F2N2OS. The molecule has 2 heterocycles. The molecular weight excluding hydrogens is 282 g/mol. The minimum absolute atomic E-state index is 0.0906. The number of benzene rings is 1. The van der Waals surface area contributed by atoms with Gasteiger partial charge in [-0.15, -0.1) is 11.8 Å². The van der Waals surface area contributed by atoms with Crippen LogP contribution in [-0.4, -0.2) is 16.6 Å². The summed E-state index contributed by atoms with van der Waals surface area (Å²) in [5.41, 5.74) is 0.447. The fraction of sp³-hybridized carbons (Fsp3) is 0.143. The van der Waals surface area contributed by atoms with Gasteiger partial charge in [0.25, 0.3) is 0 Å². The van der Waals surface area contributed by atoms with Gasteiger partial charge in [0.1, 0.15) is 17.0 Å². The third-order valence-corrected chi connectivity index (χ3v) is 4.21. The molecule has 0 N–H and O–H groups in total. The van der Waals surface area contributed by atoms with Crippen LogP contribution in [-0.2, 0) is 4.79 Å². The van der Waals surface area contributed by atoms with Gasteiger partial charge in [-0.2, -0.15) is 0 Å². The fourth-order valence-electron chi connectivity index (χ4n) is 2.16. The van der Waals surface area contributed by atoms with E-state index in [9.17, 15) is 13.6 Å². The molecule has 0 saturated carbocycles. The summed E-state index contributed by atoms with van der Waals surface area (Å²) in [6, 6.07) is 7.08. The van der Waals surface area contributed by atoms with Crippen LogP contribution in [0.4, 0.5) is 14.5 Å². The van der Waals surface area contributed by atoms with Crippen LogP contribution in [0.3, 0.4) is 0 Å². The average Bonchev–Trinajstić information content (AvgIpc) is 2.81. The number of aromatic nitrogens is 1. The van der Waals surface area contributed by atoms with Gasteiger partial charge in [0.05, 0.1) is 23.2 Å². The number of pyridine rings is 1. The molecule has 1 aromatic carbocycles. The Labute approximate surface area is 118 Å². The van der Waals surface area contributed by atoms with Crippen molar-refractivity contribution in [3.05, 3.63) is 59.9 Å². The van der Waals surface area contributed by atoms with Crippen molar-refractivity contribution in [2.75, 3.05) is 10.7 Å². The van der Waals surface area contributed by atoms with Crippen LogP contribution in [0.25, 0.3) is 0 Å². The number of amides is 1. The predicted octanol–water partition coefficient (Wildman–Crippen LogP) is 3.14. The molecule has 1 aromatic heterocycles. The SMILES string of the molecule is O=C1CS[C@@H](c2c(F)cccc2F)N1c1cccnc1. The smallest absolute Gasteiger partial charge is 0.238 e.